The van der Waals surface area contributed by atoms with Crippen molar-refractivity contribution in [1.82, 2.24) is 15.5 Å². The largest absolute Gasteiger partial charge is 0.497 e. The van der Waals surface area contributed by atoms with E-state index in [9.17, 15) is 4.79 Å². The lowest BCUT2D eigenvalue weighted by Gasteiger charge is -2.18. The number of carbonyl (C=O) groups is 1. The van der Waals surface area contributed by atoms with Crippen molar-refractivity contribution in [2.24, 2.45) is 4.99 Å². The molecule has 1 atom stereocenters. The number of amides is 1. The number of aliphatic imine (C=N–C) groups is 1. The summed E-state index contributed by atoms with van der Waals surface area (Å²) in [5.74, 6) is 2.04. The number of thiophene rings is 1. The monoisotopic (exact) mass is 418 g/mol. The van der Waals surface area contributed by atoms with E-state index >= 15 is 0 Å². The van der Waals surface area contributed by atoms with Crippen LogP contribution in [0.5, 0.6) is 11.5 Å². The number of hydrogen-bond acceptors (Lipinski definition) is 5. The van der Waals surface area contributed by atoms with Crippen LogP contribution in [0.2, 0.25) is 0 Å². The summed E-state index contributed by atoms with van der Waals surface area (Å²) >= 11 is 1.73. The molecule has 1 heterocycles. The summed E-state index contributed by atoms with van der Waals surface area (Å²) in [6, 6.07) is 11.7. The Morgan fingerprint density at radius 2 is 2.00 bits per heavy atom. The molecular formula is C21H30N4O3S. The van der Waals surface area contributed by atoms with E-state index in [1.165, 1.54) is 9.78 Å². The van der Waals surface area contributed by atoms with Gasteiger partial charge in [0.05, 0.1) is 13.7 Å². The molecule has 158 valence electrons. The van der Waals surface area contributed by atoms with Crippen LogP contribution in [0.4, 0.5) is 0 Å². The molecule has 29 heavy (non-hydrogen) atoms. The molecule has 1 unspecified atom stereocenters. The molecule has 2 rings (SSSR count). The van der Waals surface area contributed by atoms with E-state index in [1.807, 2.05) is 37.3 Å². The van der Waals surface area contributed by atoms with Gasteiger partial charge < -0.3 is 25.0 Å². The van der Waals surface area contributed by atoms with Crippen LogP contribution in [-0.4, -0.2) is 63.7 Å². The summed E-state index contributed by atoms with van der Waals surface area (Å²) in [4.78, 5) is 19.1. The minimum Gasteiger partial charge on any atom is -0.497 e. The lowest BCUT2D eigenvalue weighted by Crippen LogP contribution is -2.43. The van der Waals surface area contributed by atoms with Crippen LogP contribution in [0.15, 0.2) is 46.8 Å². The molecule has 1 aromatic heterocycles. The van der Waals surface area contributed by atoms with Crippen molar-refractivity contribution in [3.8, 4) is 11.5 Å². The van der Waals surface area contributed by atoms with Crippen molar-refractivity contribution in [2.75, 3.05) is 40.8 Å². The molecule has 0 fully saturated rings. The first kappa shape index (κ1) is 22.5. The SMILES string of the molecule is COc1cccc(OC(C)CNC(=NCC(=O)N(C)C)NCCc2cccs2)c1. The maximum absolute atomic E-state index is 11.9. The van der Waals surface area contributed by atoms with Gasteiger partial charge in [-0.05, 0) is 36.9 Å². The third-order valence-electron chi connectivity index (χ3n) is 4.05. The lowest BCUT2D eigenvalue weighted by molar-refractivity contribution is -0.127. The molecule has 0 saturated carbocycles. The first-order valence-corrected chi connectivity index (χ1v) is 10.4. The molecule has 0 spiro atoms. The van der Waals surface area contributed by atoms with Crippen LogP contribution >= 0.6 is 11.3 Å². The molecule has 1 amide bonds. The van der Waals surface area contributed by atoms with E-state index in [-0.39, 0.29) is 18.6 Å². The van der Waals surface area contributed by atoms with Crippen LogP contribution in [0.3, 0.4) is 0 Å². The van der Waals surface area contributed by atoms with E-state index in [2.05, 4.69) is 27.1 Å². The third kappa shape index (κ3) is 8.43. The Kier molecular flexibility index (Phi) is 9.30. The predicted octanol–water partition coefficient (Wildman–Crippen LogP) is 2.39. The Bertz CT molecular complexity index is 778. The van der Waals surface area contributed by atoms with Gasteiger partial charge in [0.1, 0.15) is 24.1 Å². The average molecular weight is 419 g/mol. The summed E-state index contributed by atoms with van der Waals surface area (Å²) in [6.45, 7) is 3.33. The van der Waals surface area contributed by atoms with Gasteiger partial charge in [-0.15, -0.1) is 11.3 Å². The van der Waals surface area contributed by atoms with Gasteiger partial charge in [0.25, 0.3) is 0 Å². The molecule has 8 heteroatoms. The number of nitrogens with one attached hydrogen (secondary N) is 2. The predicted molar refractivity (Wildman–Crippen MR) is 118 cm³/mol. The fourth-order valence-electron chi connectivity index (χ4n) is 2.41. The van der Waals surface area contributed by atoms with Gasteiger partial charge in [0.15, 0.2) is 5.96 Å². The topological polar surface area (TPSA) is 75.2 Å². The molecule has 0 aliphatic carbocycles. The first-order valence-electron chi connectivity index (χ1n) is 9.53. The summed E-state index contributed by atoms with van der Waals surface area (Å²) in [5.41, 5.74) is 0. The van der Waals surface area contributed by atoms with Gasteiger partial charge in [0, 0.05) is 31.6 Å². The van der Waals surface area contributed by atoms with Gasteiger partial charge in [-0.1, -0.05) is 12.1 Å². The molecule has 0 aliphatic rings. The maximum atomic E-state index is 11.9. The molecule has 0 radical (unpaired) electrons. The Morgan fingerprint density at radius 3 is 2.69 bits per heavy atom. The van der Waals surface area contributed by atoms with Crippen LogP contribution in [0, 0.1) is 0 Å². The highest BCUT2D eigenvalue weighted by molar-refractivity contribution is 7.09. The number of methoxy groups -OCH3 is 1. The standard InChI is InChI=1S/C21H30N4O3S/c1-16(28-18-8-5-7-17(13-18)27-4)14-23-21(24-15-20(26)25(2)3)22-11-10-19-9-6-12-29-19/h5-9,12-13,16H,10-11,14-15H2,1-4H3,(H2,22,23,24). The number of rotatable bonds is 10. The smallest absolute Gasteiger partial charge is 0.243 e. The second-order valence-corrected chi connectivity index (χ2v) is 7.73. The van der Waals surface area contributed by atoms with E-state index in [0.29, 0.717) is 12.5 Å². The van der Waals surface area contributed by atoms with Crippen molar-refractivity contribution < 1.29 is 14.3 Å². The zero-order valence-electron chi connectivity index (χ0n) is 17.5. The summed E-state index contributed by atoms with van der Waals surface area (Å²) in [6.07, 6.45) is 0.798. The second-order valence-electron chi connectivity index (χ2n) is 6.70. The number of ether oxygens (including phenoxy) is 2. The average Bonchev–Trinajstić information content (AvgIpc) is 3.22. The molecule has 2 aromatic rings. The molecule has 0 bridgehead atoms. The number of nitrogens with zero attached hydrogens (tertiary/aromatic N) is 2. The molecular weight excluding hydrogens is 388 g/mol. The lowest BCUT2D eigenvalue weighted by atomic mass is 10.3. The fraction of sp³-hybridized carbons (Fsp3) is 0.429. The van der Waals surface area contributed by atoms with E-state index in [0.717, 1.165) is 24.5 Å². The van der Waals surface area contributed by atoms with E-state index < -0.39 is 0 Å². The van der Waals surface area contributed by atoms with E-state index in [4.69, 9.17) is 9.47 Å². The van der Waals surface area contributed by atoms with Crippen LogP contribution in [0.1, 0.15) is 11.8 Å². The number of carbonyl (C=O) groups excluding carboxylic acids is 1. The Labute approximate surface area is 176 Å². The number of benzene rings is 1. The third-order valence-corrected chi connectivity index (χ3v) is 4.99. The zero-order chi connectivity index (χ0) is 21.1. The Hall–Kier alpha value is -2.74. The summed E-state index contributed by atoms with van der Waals surface area (Å²) < 4.78 is 11.2. The zero-order valence-corrected chi connectivity index (χ0v) is 18.3. The summed E-state index contributed by atoms with van der Waals surface area (Å²) in [5, 5.41) is 8.61. The van der Waals surface area contributed by atoms with E-state index in [1.54, 1.807) is 32.5 Å². The summed E-state index contributed by atoms with van der Waals surface area (Å²) in [7, 11) is 5.07. The quantitative estimate of drug-likeness (QED) is 0.458. The van der Waals surface area contributed by atoms with Crippen LogP contribution in [0.25, 0.3) is 0 Å². The second kappa shape index (κ2) is 12.0. The van der Waals surface area contributed by atoms with Gasteiger partial charge >= 0.3 is 0 Å². The van der Waals surface area contributed by atoms with Crippen LogP contribution < -0.4 is 20.1 Å². The molecule has 0 aliphatic heterocycles. The number of likely N-dealkylation sites (N-methyl/N-ethyl adjacent to an activating group) is 1. The minimum atomic E-state index is -0.101. The highest BCUT2D eigenvalue weighted by Gasteiger charge is 2.09. The van der Waals surface area contributed by atoms with Crippen molar-refractivity contribution >= 4 is 23.2 Å². The maximum Gasteiger partial charge on any atom is 0.243 e. The highest BCUT2D eigenvalue weighted by atomic mass is 32.1. The van der Waals surface area contributed by atoms with Crippen molar-refractivity contribution in [1.29, 1.82) is 0 Å². The van der Waals surface area contributed by atoms with Crippen LogP contribution in [-0.2, 0) is 11.2 Å². The number of guanidine groups is 1. The van der Waals surface area contributed by atoms with Gasteiger partial charge in [-0.25, -0.2) is 4.99 Å². The minimum absolute atomic E-state index is 0.0509. The normalized spacial score (nSPS) is 12.2. The Morgan fingerprint density at radius 1 is 1.21 bits per heavy atom. The van der Waals surface area contributed by atoms with Crippen molar-refractivity contribution in [3.63, 3.8) is 0 Å². The van der Waals surface area contributed by atoms with Crippen molar-refractivity contribution in [2.45, 2.75) is 19.4 Å². The van der Waals surface area contributed by atoms with Gasteiger partial charge in [0.2, 0.25) is 5.91 Å². The van der Waals surface area contributed by atoms with Crippen molar-refractivity contribution in [3.05, 3.63) is 46.7 Å². The molecule has 1 aromatic carbocycles. The molecule has 7 nitrogen and oxygen atoms in total. The highest BCUT2D eigenvalue weighted by Crippen LogP contribution is 2.19. The molecule has 2 N–H and O–H groups in total. The van der Waals surface area contributed by atoms with Gasteiger partial charge in [-0.3, -0.25) is 4.79 Å². The fourth-order valence-corrected chi connectivity index (χ4v) is 3.12. The number of hydrogen-bond donors (Lipinski definition) is 2. The molecule has 0 saturated heterocycles. The van der Waals surface area contributed by atoms with Gasteiger partial charge in [-0.2, -0.15) is 0 Å². The first-order chi connectivity index (χ1) is 14.0. The Balaban J connectivity index is 1.88.